The van der Waals surface area contributed by atoms with Crippen molar-refractivity contribution in [1.82, 2.24) is 25.3 Å². The highest BCUT2D eigenvalue weighted by Crippen LogP contribution is 2.28. The molecule has 13 nitrogen and oxygen atoms in total. The van der Waals surface area contributed by atoms with Gasteiger partial charge < -0.3 is 34.5 Å². The Kier molecular flexibility index (Phi) is 8.47. The Hall–Kier alpha value is -5.59. The largest absolute Gasteiger partial charge is 0.497 e. The minimum atomic E-state index is -0.650. The molecule has 0 spiro atoms. The van der Waals surface area contributed by atoms with Gasteiger partial charge in [0.1, 0.15) is 35.6 Å². The number of fused-ring (bicyclic) bond motifs is 8. The van der Waals surface area contributed by atoms with Gasteiger partial charge in [0.05, 0.1) is 37.9 Å². The Labute approximate surface area is 264 Å². The maximum atomic E-state index is 13.6. The van der Waals surface area contributed by atoms with Gasteiger partial charge in [-0.2, -0.15) is 5.10 Å². The second-order valence-electron chi connectivity index (χ2n) is 11.1. The van der Waals surface area contributed by atoms with Crippen molar-refractivity contribution < 1.29 is 33.3 Å². The second-order valence-corrected chi connectivity index (χ2v) is 11.1. The third kappa shape index (κ3) is 6.29. The minimum Gasteiger partial charge on any atom is -0.497 e. The predicted molar refractivity (Wildman–Crippen MR) is 166 cm³/mol. The summed E-state index contributed by atoms with van der Waals surface area (Å²) in [4.78, 5) is 54.4. The molecule has 3 aliphatic heterocycles. The summed E-state index contributed by atoms with van der Waals surface area (Å²) >= 11 is 0. The van der Waals surface area contributed by atoms with Gasteiger partial charge in [-0.15, -0.1) is 0 Å². The molecule has 0 saturated carbocycles. The molecule has 1 saturated heterocycles. The topological polar surface area (TPSA) is 150 Å². The van der Waals surface area contributed by atoms with E-state index in [4.69, 9.17) is 18.9 Å². The zero-order chi connectivity index (χ0) is 32.4. The molecule has 1 fully saturated rings. The zero-order valence-corrected chi connectivity index (χ0v) is 25.6. The highest BCUT2D eigenvalue weighted by atomic mass is 16.5. The quantitative estimate of drug-likeness (QED) is 0.345. The molecule has 7 rings (SSSR count). The van der Waals surface area contributed by atoms with Crippen molar-refractivity contribution in [3.05, 3.63) is 87.8 Å². The molecule has 0 radical (unpaired) electrons. The first-order chi connectivity index (χ1) is 22.2. The van der Waals surface area contributed by atoms with E-state index in [0.717, 1.165) is 5.39 Å². The van der Waals surface area contributed by atoms with E-state index in [9.17, 15) is 19.2 Å². The number of benzene rings is 3. The van der Waals surface area contributed by atoms with Gasteiger partial charge in [0.25, 0.3) is 17.4 Å². The van der Waals surface area contributed by atoms with Crippen LogP contribution in [0.4, 0.5) is 0 Å². The highest BCUT2D eigenvalue weighted by Gasteiger charge is 2.38. The van der Waals surface area contributed by atoms with Crippen LogP contribution in [0.1, 0.15) is 21.6 Å². The van der Waals surface area contributed by atoms with Crippen LogP contribution in [0.2, 0.25) is 0 Å². The number of aromatic nitrogens is 2. The predicted octanol–water partition coefficient (Wildman–Crippen LogP) is 1.82. The SMILES string of the molecule is COc1cc2cc(c1)C(=O)N[C@H]1CN(C(=O)Cn3nc(C)c4ccccc4c3=O)C[C@@H]1Oc1ccc(c(OC)c1)CNC(=O)CO2. The summed E-state index contributed by atoms with van der Waals surface area (Å²) in [5.74, 6) is 0.399. The van der Waals surface area contributed by atoms with Gasteiger partial charge in [-0.1, -0.05) is 18.2 Å². The van der Waals surface area contributed by atoms with Crippen molar-refractivity contribution in [3.8, 4) is 23.0 Å². The summed E-state index contributed by atoms with van der Waals surface area (Å²) in [6.45, 7) is 1.68. The van der Waals surface area contributed by atoms with E-state index in [1.807, 2.05) is 12.1 Å². The standard InChI is InChI=1S/C33H33N5O8/c1-19-25-6-4-5-7-26(25)33(42)38(36-19)17-31(40)37-15-27-29(16-37)46-22-9-8-20(28(13-22)44-3)14-34-30(39)18-45-24-11-21(32(41)35-27)10-23(12-24)43-2/h4-13,27,29H,14-18H2,1-3H3,(H,34,39)(H,35,41)/t27-,29-/m0/s1. The van der Waals surface area contributed by atoms with E-state index >= 15 is 0 Å². The van der Waals surface area contributed by atoms with Gasteiger partial charge in [0.15, 0.2) is 6.61 Å². The fraction of sp³-hybridized carbons (Fsp3) is 0.303. The van der Waals surface area contributed by atoms with Gasteiger partial charge in [0, 0.05) is 41.7 Å². The van der Waals surface area contributed by atoms with E-state index in [1.165, 1.54) is 25.0 Å². The van der Waals surface area contributed by atoms with E-state index < -0.39 is 18.1 Å². The number of ether oxygens (including phenoxy) is 4. The smallest absolute Gasteiger partial charge is 0.275 e. The lowest BCUT2D eigenvalue weighted by molar-refractivity contribution is -0.131. The summed E-state index contributed by atoms with van der Waals surface area (Å²) in [5.41, 5.74) is 1.22. The monoisotopic (exact) mass is 627 g/mol. The first-order valence-corrected chi connectivity index (χ1v) is 14.7. The number of hydrogen-bond acceptors (Lipinski definition) is 9. The Balaban J connectivity index is 1.31. The number of rotatable bonds is 4. The molecule has 0 aliphatic carbocycles. The Bertz CT molecular complexity index is 1890. The Morgan fingerprint density at radius 1 is 0.978 bits per heavy atom. The van der Waals surface area contributed by atoms with E-state index in [-0.39, 0.29) is 61.5 Å². The molecule has 4 heterocycles. The van der Waals surface area contributed by atoms with Crippen molar-refractivity contribution in [2.45, 2.75) is 32.2 Å². The molecule has 46 heavy (non-hydrogen) atoms. The average Bonchev–Trinajstić information content (AvgIpc) is 3.46. The first-order valence-electron chi connectivity index (χ1n) is 14.7. The van der Waals surface area contributed by atoms with Gasteiger partial charge in [-0.3, -0.25) is 19.2 Å². The van der Waals surface area contributed by atoms with Crippen molar-refractivity contribution in [1.29, 1.82) is 0 Å². The number of amides is 3. The fourth-order valence-electron chi connectivity index (χ4n) is 5.64. The Morgan fingerprint density at radius 2 is 1.78 bits per heavy atom. The first kappa shape index (κ1) is 30.4. The molecule has 2 atom stereocenters. The maximum Gasteiger partial charge on any atom is 0.275 e. The summed E-state index contributed by atoms with van der Waals surface area (Å²) < 4.78 is 24.1. The summed E-state index contributed by atoms with van der Waals surface area (Å²) in [5, 5.41) is 11.4. The number of methoxy groups -OCH3 is 2. The molecule has 3 aromatic carbocycles. The summed E-state index contributed by atoms with van der Waals surface area (Å²) in [6, 6.07) is 16.3. The second kappa shape index (κ2) is 12.8. The molecule has 3 aliphatic rings. The molecule has 0 unspecified atom stereocenters. The van der Waals surface area contributed by atoms with Gasteiger partial charge in [-0.05, 0) is 37.3 Å². The molecule has 4 bridgehead atoms. The van der Waals surface area contributed by atoms with Crippen LogP contribution < -0.4 is 35.1 Å². The zero-order valence-electron chi connectivity index (χ0n) is 25.6. The normalized spacial score (nSPS) is 18.1. The number of carbonyl (C=O) groups excluding carboxylic acids is 3. The number of carbonyl (C=O) groups is 3. The molecule has 238 valence electrons. The van der Waals surface area contributed by atoms with Crippen LogP contribution in [-0.4, -0.2) is 78.5 Å². The fourth-order valence-corrected chi connectivity index (χ4v) is 5.64. The number of hydrogen-bond donors (Lipinski definition) is 2. The van der Waals surface area contributed by atoms with Crippen LogP contribution in [0.5, 0.6) is 23.0 Å². The van der Waals surface area contributed by atoms with Crippen molar-refractivity contribution in [2.75, 3.05) is 33.9 Å². The van der Waals surface area contributed by atoms with Crippen LogP contribution in [0.15, 0.2) is 65.5 Å². The molecule has 1 aromatic heterocycles. The van der Waals surface area contributed by atoms with E-state index in [1.54, 1.807) is 54.3 Å². The molecule has 2 N–H and O–H groups in total. The van der Waals surface area contributed by atoms with Crippen LogP contribution >= 0.6 is 0 Å². The summed E-state index contributed by atoms with van der Waals surface area (Å²) in [6.07, 6.45) is -0.650. The van der Waals surface area contributed by atoms with Crippen LogP contribution in [0, 0.1) is 6.92 Å². The summed E-state index contributed by atoms with van der Waals surface area (Å²) in [7, 11) is 2.97. The lowest BCUT2D eigenvalue weighted by Crippen LogP contribution is -2.45. The number of likely N-dealkylation sites (tertiary alicyclic amines) is 1. The molecular weight excluding hydrogens is 594 g/mol. The van der Waals surface area contributed by atoms with Gasteiger partial charge in [-0.25, -0.2) is 4.68 Å². The van der Waals surface area contributed by atoms with Crippen molar-refractivity contribution >= 4 is 28.5 Å². The minimum absolute atomic E-state index is 0.123. The van der Waals surface area contributed by atoms with Crippen LogP contribution in [-0.2, 0) is 22.7 Å². The molecule has 13 heteroatoms. The van der Waals surface area contributed by atoms with Crippen molar-refractivity contribution in [3.63, 3.8) is 0 Å². The van der Waals surface area contributed by atoms with E-state index in [0.29, 0.717) is 33.9 Å². The lowest BCUT2D eigenvalue weighted by atomic mass is 10.1. The highest BCUT2D eigenvalue weighted by molar-refractivity contribution is 5.95. The maximum absolute atomic E-state index is 13.6. The molecule has 4 aromatic rings. The number of aryl methyl sites for hydroxylation is 1. The van der Waals surface area contributed by atoms with Gasteiger partial charge >= 0.3 is 0 Å². The average molecular weight is 628 g/mol. The third-order valence-corrected chi connectivity index (χ3v) is 8.04. The third-order valence-electron chi connectivity index (χ3n) is 8.04. The molecular formula is C33H33N5O8. The number of nitrogens with zero attached hydrogens (tertiary/aromatic N) is 3. The molecule has 3 amide bonds. The van der Waals surface area contributed by atoms with E-state index in [2.05, 4.69) is 15.7 Å². The van der Waals surface area contributed by atoms with Crippen molar-refractivity contribution in [2.24, 2.45) is 0 Å². The van der Waals surface area contributed by atoms with Crippen LogP contribution in [0.25, 0.3) is 10.8 Å². The lowest BCUT2D eigenvalue weighted by Gasteiger charge is -2.22. The van der Waals surface area contributed by atoms with Crippen LogP contribution in [0.3, 0.4) is 0 Å². The Morgan fingerprint density at radius 3 is 2.57 bits per heavy atom. The van der Waals surface area contributed by atoms with Gasteiger partial charge in [0.2, 0.25) is 5.91 Å². The number of nitrogens with one attached hydrogen (secondary N) is 2.